The van der Waals surface area contributed by atoms with Gasteiger partial charge in [-0.1, -0.05) is 0 Å². The quantitative estimate of drug-likeness (QED) is 0.782. The van der Waals surface area contributed by atoms with Crippen LogP contribution in [-0.4, -0.2) is 51.6 Å². The first-order valence-electron chi connectivity index (χ1n) is 10.0. The van der Waals surface area contributed by atoms with Crippen LogP contribution in [0.15, 0.2) is 30.6 Å². The predicted molar refractivity (Wildman–Crippen MR) is 104 cm³/mol. The molecule has 0 aromatic carbocycles. The van der Waals surface area contributed by atoms with E-state index in [-0.39, 0.29) is 5.60 Å². The van der Waals surface area contributed by atoms with Gasteiger partial charge in [0, 0.05) is 39.5 Å². The molecular formula is C21H30N4O2. The third-order valence-electron chi connectivity index (χ3n) is 6.16. The van der Waals surface area contributed by atoms with Crippen LogP contribution in [0.1, 0.15) is 37.1 Å². The molecule has 0 amide bonds. The van der Waals surface area contributed by atoms with E-state index in [1.54, 1.807) is 12.4 Å². The molecule has 0 unspecified atom stereocenters. The minimum atomic E-state index is 0.0528. The number of rotatable bonds is 6. The molecule has 1 atom stereocenters. The van der Waals surface area contributed by atoms with Gasteiger partial charge in [0.25, 0.3) is 0 Å². The van der Waals surface area contributed by atoms with Crippen molar-refractivity contribution < 1.29 is 9.47 Å². The van der Waals surface area contributed by atoms with E-state index in [1.807, 2.05) is 23.9 Å². The number of piperidine rings is 1. The Labute approximate surface area is 161 Å². The minimum Gasteiger partial charge on any atom is -0.492 e. The Morgan fingerprint density at radius 1 is 1.33 bits per heavy atom. The van der Waals surface area contributed by atoms with Gasteiger partial charge in [0.05, 0.1) is 29.8 Å². The molecule has 2 aromatic rings. The number of nitrogens with zero attached hydrogens (tertiary/aromatic N) is 4. The standard InChI is InChI=1S/C21H30N4O2/c1-17-14-19(24(2)23-17)16-25-10-7-21(8-11-25)18(6-13-27-21)5-12-26-20-4-3-9-22-15-20/h3-4,9,14-15,18H,5-8,10-13,16H2,1-2H3/t18-/m0/s1. The maximum Gasteiger partial charge on any atom is 0.137 e. The zero-order valence-electron chi connectivity index (χ0n) is 16.4. The average Bonchev–Trinajstić information content (AvgIpc) is 3.21. The Hall–Kier alpha value is -1.92. The lowest BCUT2D eigenvalue weighted by atomic mass is 9.78. The fourth-order valence-electron chi connectivity index (χ4n) is 4.63. The predicted octanol–water partition coefficient (Wildman–Crippen LogP) is 2.96. The van der Waals surface area contributed by atoms with Crippen molar-refractivity contribution in [3.05, 3.63) is 42.0 Å². The van der Waals surface area contributed by atoms with Crippen molar-refractivity contribution in [2.45, 2.75) is 44.8 Å². The summed E-state index contributed by atoms with van der Waals surface area (Å²) >= 11 is 0. The summed E-state index contributed by atoms with van der Waals surface area (Å²) in [5, 5.41) is 4.47. The molecule has 2 aliphatic rings. The third kappa shape index (κ3) is 4.17. The second kappa shape index (κ2) is 7.98. The molecule has 2 saturated heterocycles. The lowest BCUT2D eigenvalue weighted by Gasteiger charge is -2.42. The summed E-state index contributed by atoms with van der Waals surface area (Å²) in [5.41, 5.74) is 2.43. The fraction of sp³-hybridized carbons (Fsp3) is 0.619. The van der Waals surface area contributed by atoms with Gasteiger partial charge in [0.2, 0.25) is 0 Å². The van der Waals surface area contributed by atoms with Crippen LogP contribution in [0.3, 0.4) is 0 Å². The molecule has 6 heteroatoms. The van der Waals surface area contributed by atoms with Crippen LogP contribution in [-0.2, 0) is 18.3 Å². The zero-order chi connectivity index (χ0) is 18.7. The maximum absolute atomic E-state index is 6.31. The molecule has 0 N–H and O–H groups in total. The van der Waals surface area contributed by atoms with Gasteiger partial charge in [-0.3, -0.25) is 14.6 Å². The summed E-state index contributed by atoms with van der Waals surface area (Å²) in [6.45, 7) is 6.83. The number of aryl methyl sites for hydroxylation is 2. The van der Waals surface area contributed by atoms with E-state index >= 15 is 0 Å². The van der Waals surface area contributed by atoms with Gasteiger partial charge in [0.15, 0.2) is 0 Å². The van der Waals surface area contributed by atoms with Crippen molar-refractivity contribution in [2.24, 2.45) is 13.0 Å². The highest BCUT2D eigenvalue weighted by molar-refractivity contribution is 5.15. The second-order valence-corrected chi connectivity index (χ2v) is 7.90. The summed E-state index contributed by atoms with van der Waals surface area (Å²) < 4.78 is 14.2. The van der Waals surface area contributed by atoms with Crippen LogP contribution < -0.4 is 4.74 Å². The van der Waals surface area contributed by atoms with Crippen molar-refractivity contribution in [3.63, 3.8) is 0 Å². The van der Waals surface area contributed by atoms with E-state index in [2.05, 4.69) is 28.0 Å². The number of hydrogen-bond acceptors (Lipinski definition) is 5. The van der Waals surface area contributed by atoms with E-state index in [4.69, 9.17) is 9.47 Å². The molecule has 2 aliphatic heterocycles. The Morgan fingerprint density at radius 3 is 2.89 bits per heavy atom. The van der Waals surface area contributed by atoms with Crippen molar-refractivity contribution in [3.8, 4) is 5.75 Å². The van der Waals surface area contributed by atoms with Gasteiger partial charge >= 0.3 is 0 Å². The SMILES string of the molecule is Cc1cc(CN2CCC3(CC2)OCC[C@@H]3CCOc2cccnc2)n(C)n1. The number of hydrogen-bond donors (Lipinski definition) is 0. The first-order valence-corrected chi connectivity index (χ1v) is 10.0. The zero-order valence-corrected chi connectivity index (χ0v) is 16.4. The summed E-state index contributed by atoms with van der Waals surface area (Å²) in [5.74, 6) is 1.45. The molecule has 146 valence electrons. The molecule has 1 spiro atoms. The van der Waals surface area contributed by atoms with Crippen LogP contribution in [0.4, 0.5) is 0 Å². The monoisotopic (exact) mass is 370 g/mol. The average molecular weight is 370 g/mol. The summed E-state index contributed by atoms with van der Waals surface area (Å²) in [4.78, 5) is 6.64. The minimum absolute atomic E-state index is 0.0528. The van der Waals surface area contributed by atoms with Crippen LogP contribution in [0.25, 0.3) is 0 Å². The topological polar surface area (TPSA) is 52.4 Å². The molecule has 0 radical (unpaired) electrons. The van der Waals surface area contributed by atoms with E-state index < -0.39 is 0 Å². The van der Waals surface area contributed by atoms with Gasteiger partial charge < -0.3 is 9.47 Å². The Kier molecular flexibility index (Phi) is 5.45. The molecule has 6 nitrogen and oxygen atoms in total. The maximum atomic E-state index is 6.31. The number of pyridine rings is 1. The van der Waals surface area contributed by atoms with Crippen LogP contribution in [0, 0.1) is 12.8 Å². The van der Waals surface area contributed by atoms with E-state index in [0.29, 0.717) is 5.92 Å². The Bertz CT molecular complexity index is 738. The molecule has 2 aromatic heterocycles. The van der Waals surface area contributed by atoms with Gasteiger partial charge in [-0.25, -0.2) is 0 Å². The first-order chi connectivity index (χ1) is 13.1. The molecule has 4 rings (SSSR count). The molecule has 0 saturated carbocycles. The summed E-state index contributed by atoms with van der Waals surface area (Å²) in [6, 6.07) is 6.07. The first kappa shape index (κ1) is 18.4. The normalized spacial score (nSPS) is 22.4. The highest BCUT2D eigenvalue weighted by Gasteiger charge is 2.45. The van der Waals surface area contributed by atoms with Crippen molar-refractivity contribution in [1.29, 1.82) is 0 Å². The number of ether oxygens (including phenoxy) is 2. The fourth-order valence-corrected chi connectivity index (χ4v) is 4.63. The summed E-state index contributed by atoms with van der Waals surface area (Å²) in [7, 11) is 2.03. The highest BCUT2D eigenvalue weighted by Crippen LogP contribution is 2.42. The van der Waals surface area contributed by atoms with Crippen LogP contribution >= 0.6 is 0 Å². The van der Waals surface area contributed by atoms with Crippen molar-refractivity contribution in [1.82, 2.24) is 19.7 Å². The van der Waals surface area contributed by atoms with Crippen molar-refractivity contribution in [2.75, 3.05) is 26.3 Å². The Balaban J connectivity index is 1.29. The van der Waals surface area contributed by atoms with Crippen LogP contribution in [0.5, 0.6) is 5.75 Å². The summed E-state index contributed by atoms with van der Waals surface area (Å²) in [6.07, 6.45) is 7.97. The smallest absolute Gasteiger partial charge is 0.137 e. The molecule has 0 aliphatic carbocycles. The van der Waals surface area contributed by atoms with Gasteiger partial charge in [-0.2, -0.15) is 5.10 Å². The van der Waals surface area contributed by atoms with E-state index in [0.717, 1.165) is 70.0 Å². The van der Waals surface area contributed by atoms with E-state index in [1.165, 1.54) is 5.69 Å². The highest BCUT2D eigenvalue weighted by atomic mass is 16.5. The third-order valence-corrected chi connectivity index (χ3v) is 6.16. The van der Waals surface area contributed by atoms with Crippen LogP contribution in [0.2, 0.25) is 0 Å². The van der Waals surface area contributed by atoms with Gasteiger partial charge in [-0.05, 0) is 56.7 Å². The molecule has 0 bridgehead atoms. The van der Waals surface area contributed by atoms with Gasteiger partial charge in [-0.15, -0.1) is 0 Å². The van der Waals surface area contributed by atoms with E-state index in [9.17, 15) is 0 Å². The molecule has 27 heavy (non-hydrogen) atoms. The molecular weight excluding hydrogens is 340 g/mol. The second-order valence-electron chi connectivity index (χ2n) is 7.90. The molecule has 2 fully saturated rings. The van der Waals surface area contributed by atoms with Crippen molar-refractivity contribution >= 4 is 0 Å². The largest absolute Gasteiger partial charge is 0.492 e. The number of aromatic nitrogens is 3. The number of likely N-dealkylation sites (tertiary alicyclic amines) is 1. The van der Waals surface area contributed by atoms with Gasteiger partial charge in [0.1, 0.15) is 5.75 Å². The lowest BCUT2D eigenvalue weighted by molar-refractivity contribution is -0.0711. The molecule has 4 heterocycles. The lowest BCUT2D eigenvalue weighted by Crippen LogP contribution is -2.47. The Morgan fingerprint density at radius 2 is 2.19 bits per heavy atom.